The molecule has 0 saturated carbocycles. The van der Waals surface area contributed by atoms with Crippen LogP contribution in [0.4, 0.5) is 13.2 Å². The molecule has 0 fully saturated rings. The molecule has 1 amide bonds. The average molecular weight is 284 g/mol. The van der Waals surface area contributed by atoms with E-state index in [0.717, 1.165) is 0 Å². The van der Waals surface area contributed by atoms with Crippen molar-refractivity contribution in [2.75, 3.05) is 6.54 Å². The minimum absolute atomic E-state index is 0.0955. The molecule has 2 heterocycles. The lowest BCUT2D eigenvalue weighted by Gasteiger charge is -2.07. The maximum absolute atomic E-state index is 12.1. The predicted octanol–water partition coefficient (Wildman–Crippen LogP) is 1.87. The Morgan fingerprint density at radius 3 is 2.80 bits per heavy atom. The van der Waals surface area contributed by atoms with E-state index in [1.807, 2.05) is 5.32 Å². The van der Waals surface area contributed by atoms with Crippen molar-refractivity contribution in [1.82, 2.24) is 20.1 Å². The Hall–Kier alpha value is -2.38. The van der Waals surface area contributed by atoms with E-state index in [9.17, 15) is 18.0 Å². The quantitative estimate of drug-likeness (QED) is 0.936. The molecule has 0 unspecified atom stereocenters. The third kappa shape index (κ3) is 3.34. The molecular formula is C12H11F3N4O. The maximum Gasteiger partial charge on any atom is 0.405 e. The van der Waals surface area contributed by atoms with Crippen LogP contribution in [0.15, 0.2) is 30.7 Å². The van der Waals surface area contributed by atoms with Gasteiger partial charge in [0.05, 0.1) is 23.1 Å². The van der Waals surface area contributed by atoms with Crippen LogP contribution in [0.5, 0.6) is 0 Å². The van der Waals surface area contributed by atoms with Crippen molar-refractivity contribution in [1.29, 1.82) is 0 Å². The number of carbonyl (C=O) groups excluding carboxylic acids is 1. The Balaban J connectivity index is 2.18. The fourth-order valence-corrected chi connectivity index (χ4v) is 1.58. The largest absolute Gasteiger partial charge is 0.405 e. The standard InChI is InChI=1S/C12H11F3N4O/c1-8-10(11(20)17-7-12(13,14)15)6-19(18-8)9-3-2-4-16-5-9/h2-6H,7H2,1H3,(H,17,20). The molecule has 0 radical (unpaired) electrons. The lowest BCUT2D eigenvalue weighted by molar-refractivity contribution is -0.123. The molecule has 2 aromatic heterocycles. The van der Waals surface area contributed by atoms with Gasteiger partial charge in [0.25, 0.3) is 5.91 Å². The van der Waals surface area contributed by atoms with Crippen LogP contribution in [-0.2, 0) is 0 Å². The average Bonchev–Trinajstić information content (AvgIpc) is 2.78. The van der Waals surface area contributed by atoms with Gasteiger partial charge in [-0.2, -0.15) is 18.3 Å². The first-order valence-electron chi connectivity index (χ1n) is 5.68. The summed E-state index contributed by atoms with van der Waals surface area (Å²) in [5.41, 5.74) is 1.05. The summed E-state index contributed by atoms with van der Waals surface area (Å²) < 4.78 is 37.6. The molecule has 0 aromatic carbocycles. The summed E-state index contributed by atoms with van der Waals surface area (Å²) in [5.74, 6) is -0.810. The number of aromatic nitrogens is 3. The van der Waals surface area contributed by atoms with Gasteiger partial charge in [0, 0.05) is 12.4 Å². The molecule has 0 aliphatic carbocycles. The number of nitrogens with zero attached hydrogens (tertiary/aromatic N) is 3. The Labute approximate surface area is 112 Å². The number of carbonyl (C=O) groups is 1. The number of hydrogen-bond donors (Lipinski definition) is 1. The molecule has 0 saturated heterocycles. The first-order valence-corrected chi connectivity index (χ1v) is 5.68. The van der Waals surface area contributed by atoms with Crippen LogP contribution in [0.25, 0.3) is 5.69 Å². The number of pyridine rings is 1. The highest BCUT2D eigenvalue weighted by Crippen LogP contribution is 2.14. The molecule has 2 aromatic rings. The molecule has 0 atom stereocenters. The van der Waals surface area contributed by atoms with Gasteiger partial charge in [-0.1, -0.05) is 0 Å². The van der Waals surface area contributed by atoms with Gasteiger partial charge in [0.15, 0.2) is 0 Å². The van der Waals surface area contributed by atoms with Gasteiger partial charge in [0.1, 0.15) is 6.54 Å². The highest BCUT2D eigenvalue weighted by molar-refractivity contribution is 5.95. The van der Waals surface area contributed by atoms with E-state index >= 15 is 0 Å². The topological polar surface area (TPSA) is 59.8 Å². The van der Waals surface area contributed by atoms with Gasteiger partial charge in [-0.05, 0) is 19.1 Å². The Kier molecular flexibility index (Phi) is 3.73. The molecule has 106 valence electrons. The van der Waals surface area contributed by atoms with E-state index in [2.05, 4.69) is 10.1 Å². The second kappa shape index (κ2) is 5.32. The van der Waals surface area contributed by atoms with Crippen LogP contribution in [0, 0.1) is 6.92 Å². The number of rotatable bonds is 3. The zero-order valence-corrected chi connectivity index (χ0v) is 10.5. The molecule has 1 N–H and O–H groups in total. The smallest absolute Gasteiger partial charge is 0.343 e. The van der Waals surface area contributed by atoms with E-state index < -0.39 is 18.6 Å². The van der Waals surface area contributed by atoms with Gasteiger partial charge in [0.2, 0.25) is 0 Å². The zero-order chi connectivity index (χ0) is 14.8. The highest BCUT2D eigenvalue weighted by Gasteiger charge is 2.28. The number of aryl methyl sites for hydroxylation is 1. The second-order valence-corrected chi connectivity index (χ2v) is 4.08. The number of halogens is 3. The molecule has 5 nitrogen and oxygen atoms in total. The number of amides is 1. The summed E-state index contributed by atoms with van der Waals surface area (Å²) in [5, 5.41) is 5.89. The number of hydrogen-bond acceptors (Lipinski definition) is 3. The van der Waals surface area contributed by atoms with Gasteiger partial charge in [-0.25, -0.2) is 4.68 Å². The third-order valence-electron chi connectivity index (χ3n) is 2.50. The van der Waals surface area contributed by atoms with E-state index in [0.29, 0.717) is 11.4 Å². The molecule has 8 heteroatoms. The first kappa shape index (κ1) is 14.0. The van der Waals surface area contributed by atoms with Crippen LogP contribution in [-0.4, -0.2) is 33.4 Å². The monoisotopic (exact) mass is 284 g/mol. The van der Waals surface area contributed by atoms with E-state index in [-0.39, 0.29) is 5.56 Å². The number of nitrogens with one attached hydrogen (secondary N) is 1. The molecule has 0 spiro atoms. The van der Waals surface area contributed by atoms with Crippen LogP contribution in [0.2, 0.25) is 0 Å². The summed E-state index contributed by atoms with van der Waals surface area (Å²) in [7, 11) is 0. The summed E-state index contributed by atoms with van der Waals surface area (Å²) in [6.07, 6.45) is 0.0433. The number of alkyl halides is 3. The van der Waals surface area contributed by atoms with E-state index in [1.165, 1.54) is 17.1 Å². The van der Waals surface area contributed by atoms with Gasteiger partial charge in [-0.15, -0.1) is 0 Å². The van der Waals surface area contributed by atoms with Crippen molar-refractivity contribution in [2.45, 2.75) is 13.1 Å². The van der Waals surface area contributed by atoms with Crippen molar-refractivity contribution in [3.63, 3.8) is 0 Å². The van der Waals surface area contributed by atoms with Gasteiger partial charge < -0.3 is 5.32 Å². The Morgan fingerprint density at radius 1 is 1.45 bits per heavy atom. The zero-order valence-electron chi connectivity index (χ0n) is 10.5. The summed E-state index contributed by atoms with van der Waals surface area (Å²) in [6, 6.07) is 3.41. The maximum atomic E-state index is 12.1. The van der Waals surface area contributed by atoms with E-state index in [1.54, 1.807) is 25.3 Å². The van der Waals surface area contributed by atoms with Crippen molar-refractivity contribution in [2.24, 2.45) is 0 Å². The van der Waals surface area contributed by atoms with Crippen molar-refractivity contribution in [3.05, 3.63) is 42.0 Å². The SMILES string of the molecule is Cc1nn(-c2cccnc2)cc1C(=O)NCC(F)(F)F. The third-order valence-corrected chi connectivity index (χ3v) is 2.50. The summed E-state index contributed by atoms with van der Waals surface area (Å²) in [6.45, 7) is 0.179. The van der Waals surface area contributed by atoms with Crippen LogP contribution in [0.1, 0.15) is 16.1 Å². The van der Waals surface area contributed by atoms with E-state index in [4.69, 9.17) is 0 Å². The minimum atomic E-state index is -4.44. The highest BCUT2D eigenvalue weighted by atomic mass is 19.4. The lowest BCUT2D eigenvalue weighted by Crippen LogP contribution is -2.33. The fraction of sp³-hybridized carbons (Fsp3) is 0.250. The van der Waals surface area contributed by atoms with Crippen molar-refractivity contribution >= 4 is 5.91 Å². The van der Waals surface area contributed by atoms with Crippen LogP contribution < -0.4 is 5.32 Å². The molecule has 0 aliphatic rings. The summed E-state index contributed by atoms with van der Waals surface area (Å²) in [4.78, 5) is 15.6. The normalized spacial score (nSPS) is 11.4. The van der Waals surface area contributed by atoms with Crippen LogP contribution >= 0.6 is 0 Å². The molecule has 2 rings (SSSR count). The van der Waals surface area contributed by atoms with Crippen molar-refractivity contribution in [3.8, 4) is 5.69 Å². The van der Waals surface area contributed by atoms with Crippen molar-refractivity contribution < 1.29 is 18.0 Å². The Bertz CT molecular complexity index is 607. The Morgan fingerprint density at radius 2 is 2.20 bits per heavy atom. The molecular weight excluding hydrogens is 273 g/mol. The molecule has 0 aliphatic heterocycles. The summed E-state index contributed by atoms with van der Waals surface area (Å²) >= 11 is 0. The first-order chi connectivity index (χ1) is 9.37. The van der Waals surface area contributed by atoms with Crippen LogP contribution in [0.3, 0.4) is 0 Å². The minimum Gasteiger partial charge on any atom is -0.343 e. The second-order valence-electron chi connectivity index (χ2n) is 4.08. The van der Waals surface area contributed by atoms with Gasteiger partial charge in [-0.3, -0.25) is 9.78 Å². The predicted molar refractivity (Wildman–Crippen MR) is 64.5 cm³/mol. The molecule has 0 bridgehead atoms. The van der Waals surface area contributed by atoms with Gasteiger partial charge >= 0.3 is 6.18 Å². The molecule has 20 heavy (non-hydrogen) atoms. The fourth-order valence-electron chi connectivity index (χ4n) is 1.58. The lowest BCUT2D eigenvalue weighted by atomic mass is 10.2.